The molecule has 0 aromatic heterocycles. The fourth-order valence-electron chi connectivity index (χ4n) is 3.30. The lowest BCUT2D eigenvalue weighted by molar-refractivity contribution is -0.132. The maximum Gasteiger partial charge on any atom is 0.319 e. The highest BCUT2D eigenvalue weighted by atomic mass is 35.5. The van der Waals surface area contributed by atoms with Crippen LogP contribution in [0.1, 0.15) is 25.7 Å². The minimum absolute atomic E-state index is 0.0631. The number of nitrogens with one attached hydrogen (secondary N) is 2. The summed E-state index contributed by atoms with van der Waals surface area (Å²) in [5.41, 5.74) is 0.754. The van der Waals surface area contributed by atoms with Gasteiger partial charge in [-0.05, 0) is 49.6 Å². The highest BCUT2D eigenvalue weighted by molar-refractivity contribution is 6.35. The molecule has 8 heteroatoms. The van der Waals surface area contributed by atoms with Crippen molar-refractivity contribution >= 4 is 40.8 Å². The van der Waals surface area contributed by atoms with Crippen LogP contribution in [0.3, 0.4) is 0 Å². The first kappa shape index (κ1) is 22.2. The van der Waals surface area contributed by atoms with Crippen LogP contribution in [0.4, 0.5) is 10.5 Å². The summed E-state index contributed by atoms with van der Waals surface area (Å²) < 4.78 is 5.62. The molecule has 2 N–H and O–H groups in total. The molecule has 2 aromatic rings. The molecule has 3 amide bonds. The number of benzene rings is 2. The van der Waals surface area contributed by atoms with Crippen molar-refractivity contribution in [2.24, 2.45) is 0 Å². The Labute approximate surface area is 186 Å². The Balaban J connectivity index is 1.32. The number of ether oxygens (including phenoxy) is 1. The monoisotopic (exact) mass is 449 g/mol. The van der Waals surface area contributed by atoms with Crippen LogP contribution in [-0.2, 0) is 4.79 Å². The van der Waals surface area contributed by atoms with Crippen LogP contribution in [0.5, 0.6) is 5.75 Å². The number of likely N-dealkylation sites (tertiary alicyclic amines) is 1. The number of halogens is 2. The first-order chi connectivity index (χ1) is 14.5. The van der Waals surface area contributed by atoms with Gasteiger partial charge in [-0.2, -0.15) is 0 Å². The molecular formula is C22H25Cl2N3O3. The zero-order valence-electron chi connectivity index (χ0n) is 16.6. The molecule has 1 aliphatic heterocycles. The quantitative estimate of drug-likeness (QED) is 0.586. The fourth-order valence-corrected chi connectivity index (χ4v) is 3.77. The average Bonchev–Trinajstić information content (AvgIpc) is 2.73. The largest absolute Gasteiger partial charge is 0.492 e. The van der Waals surface area contributed by atoms with Crippen molar-refractivity contribution in [3.63, 3.8) is 0 Å². The number of nitrogens with zero attached hydrogens (tertiary/aromatic N) is 1. The highest BCUT2D eigenvalue weighted by Gasteiger charge is 2.23. The summed E-state index contributed by atoms with van der Waals surface area (Å²) in [6, 6.07) is 14.2. The third kappa shape index (κ3) is 6.82. The van der Waals surface area contributed by atoms with Gasteiger partial charge in [-0.25, -0.2) is 4.79 Å². The Morgan fingerprint density at radius 2 is 1.80 bits per heavy atom. The summed E-state index contributed by atoms with van der Waals surface area (Å²) in [6.45, 7) is 1.68. The normalized spacial score (nSPS) is 14.3. The second-order valence-corrected chi connectivity index (χ2v) is 7.99. The molecule has 30 heavy (non-hydrogen) atoms. The van der Waals surface area contributed by atoms with Gasteiger partial charge in [0.15, 0.2) is 0 Å². The number of carbonyl (C=O) groups excluding carboxylic acids is 2. The predicted octanol–water partition coefficient (Wildman–Crippen LogP) is 4.97. The lowest BCUT2D eigenvalue weighted by atomic mass is 10.0. The van der Waals surface area contributed by atoms with Gasteiger partial charge >= 0.3 is 6.03 Å². The maximum atomic E-state index is 12.4. The number of piperidine rings is 1. The van der Waals surface area contributed by atoms with Crippen LogP contribution in [0.25, 0.3) is 0 Å². The molecule has 0 aliphatic carbocycles. The third-order valence-electron chi connectivity index (χ3n) is 4.90. The van der Waals surface area contributed by atoms with Crippen LogP contribution in [-0.4, -0.2) is 42.6 Å². The smallest absolute Gasteiger partial charge is 0.319 e. The second-order valence-electron chi connectivity index (χ2n) is 7.15. The average molecular weight is 450 g/mol. The Bertz CT molecular complexity index is 856. The van der Waals surface area contributed by atoms with E-state index in [4.69, 9.17) is 27.9 Å². The molecule has 6 nitrogen and oxygen atoms in total. The number of amides is 3. The van der Waals surface area contributed by atoms with Crippen molar-refractivity contribution in [2.75, 3.05) is 25.0 Å². The van der Waals surface area contributed by atoms with E-state index >= 15 is 0 Å². The topological polar surface area (TPSA) is 70.7 Å². The Kier molecular flexibility index (Phi) is 8.22. The molecule has 1 aliphatic rings. The van der Waals surface area contributed by atoms with Crippen molar-refractivity contribution in [1.29, 1.82) is 0 Å². The molecule has 1 heterocycles. The molecule has 160 valence electrons. The fraction of sp³-hybridized carbons (Fsp3) is 0.364. The van der Waals surface area contributed by atoms with Gasteiger partial charge in [0.25, 0.3) is 0 Å². The predicted molar refractivity (Wildman–Crippen MR) is 119 cm³/mol. The van der Waals surface area contributed by atoms with E-state index in [0.29, 0.717) is 48.3 Å². The Morgan fingerprint density at radius 1 is 1.07 bits per heavy atom. The van der Waals surface area contributed by atoms with E-state index in [-0.39, 0.29) is 18.0 Å². The van der Waals surface area contributed by atoms with Crippen molar-refractivity contribution in [2.45, 2.75) is 31.7 Å². The van der Waals surface area contributed by atoms with Gasteiger partial charge in [0, 0.05) is 36.3 Å². The molecule has 0 saturated carbocycles. The molecule has 0 atom stereocenters. The van der Waals surface area contributed by atoms with Gasteiger partial charge in [-0.3, -0.25) is 4.79 Å². The summed E-state index contributed by atoms with van der Waals surface area (Å²) in [5.74, 6) is 0.669. The molecule has 0 bridgehead atoms. The van der Waals surface area contributed by atoms with Crippen LogP contribution in [0.2, 0.25) is 10.0 Å². The van der Waals surface area contributed by atoms with Gasteiger partial charge in [-0.1, -0.05) is 41.4 Å². The number of hydrogen-bond donors (Lipinski definition) is 2. The van der Waals surface area contributed by atoms with Crippen LogP contribution >= 0.6 is 23.2 Å². The van der Waals surface area contributed by atoms with E-state index in [1.165, 1.54) is 0 Å². The minimum Gasteiger partial charge on any atom is -0.492 e. The molecule has 1 fully saturated rings. The number of carbonyl (C=O) groups is 2. The van der Waals surface area contributed by atoms with Crippen molar-refractivity contribution < 1.29 is 14.3 Å². The molecule has 3 rings (SSSR count). The van der Waals surface area contributed by atoms with E-state index < -0.39 is 0 Å². The van der Waals surface area contributed by atoms with Gasteiger partial charge in [0.1, 0.15) is 5.75 Å². The lowest BCUT2D eigenvalue weighted by Crippen LogP contribution is -2.47. The zero-order valence-corrected chi connectivity index (χ0v) is 18.1. The summed E-state index contributed by atoms with van der Waals surface area (Å²) in [5, 5.41) is 6.81. The SMILES string of the molecule is O=C(Nc1ccccc1)NC1CCN(C(=O)CCCOc2ccc(Cl)cc2Cl)CC1. The van der Waals surface area contributed by atoms with E-state index in [1.54, 1.807) is 18.2 Å². The summed E-state index contributed by atoms with van der Waals surface area (Å²) in [7, 11) is 0. The third-order valence-corrected chi connectivity index (χ3v) is 5.43. The van der Waals surface area contributed by atoms with Gasteiger partial charge in [0.05, 0.1) is 11.6 Å². The van der Waals surface area contributed by atoms with Crippen LogP contribution < -0.4 is 15.4 Å². The van der Waals surface area contributed by atoms with Gasteiger partial charge in [-0.15, -0.1) is 0 Å². The first-order valence-corrected chi connectivity index (χ1v) is 10.7. The summed E-state index contributed by atoms with van der Waals surface area (Å²) in [6.07, 6.45) is 2.50. The standard InChI is InChI=1S/C22H25Cl2N3O3/c23-16-8-9-20(19(24)15-16)30-14-4-7-21(28)27-12-10-18(11-13-27)26-22(29)25-17-5-2-1-3-6-17/h1-3,5-6,8-9,15,18H,4,7,10-14H2,(H2,25,26,29). The lowest BCUT2D eigenvalue weighted by Gasteiger charge is -2.32. The number of hydrogen-bond acceptors (Lipinski definition) is 3. The summed E-state index contributed by atoms with van der Waals surface area (Å²) >= 11 is 11.9. The minimum atomic E-state index is -0.219. The van der Waals surface area contributed by atoms with Crippen molar-refractivity contribution in [3.8, 4) is 5.75 Å². The molecular weight excluding hydrogens is 425 g/mol. The molecule has 2 aromatic carbocycles. The van der Waals surface area contributed by atoms with Crippen LogP contribution in [0, 0.1) is 0 Å². The summed E-state index contributed by atoms with van der Waals surface area (Å²) in [4.78, 5) is 26.4. The number of para-hydroxylation sites is 1. The van der Waals surface area contributed by atoms with Crippen molar-refractivity contribution in [3.05, 3.63) is 58.6 Å². The number of urea groups is 1. The molecule has 0 unspecified atom stereocenters. The zero-order chi connectivity index (χ0) is 21.3. The molecule has 0 radical (unpaired) electrons. The van der Waals surface area contributed by atoms with Crippen molar-refractivity contribution in [1.82, 2.24) is 10.2 Å². The maximum absolute atomic E-state index is 12.4. The van der Waals surface area contributed by atoms with E-state index in [0.717, 1.165) is 18.5 Å². The Hall–Kier alpha value is -2.44. The van der Waals surface area contributed by atoms with Crippen LogP contribution in [0.15, 0.2) is 48.5 Å². The molecule has 1 saturated heterocycles. The number of anilines is 1. The Morgan fingerprint density at radius 3 is 2.50 bits per heavy atom. The van der Waals surface area contributed by atoms with Gasteiger partial charge in [0.2, 0.25) is 5.91 Å². The van der Waals surface area contributed by atoms with E-state index in [9.17, 15) is 9.59 Å². The first-order valence-electron chi connectivity index (χ1n) is 9.99. The number of rotatable bonds is 7. The van der Waals surface area contributed by atoms with Gasteiger partial charge < -0.3 is 20.3 Å². The highest BCUT2D eigenvalue weighted by Crippen LogP contribution is 2.27. The van der Waals surface area contributed by atoms with E-state index in [2.05, 4.69) is 10.6 Å². The van der Waals surface area contributed by atoms with E-state index in [1.807, 2.05) is 35.2 Å². The molecule has 0 spiro atoms. The second kappa shape index (κ2) is 11.1.